The number of hydrogen-bond donors (Lipinski definition) is 0. The normalized spacial score (nSPS) is 15.6. The summed E-state index contributed by atoms with van der Waals surface area (Å²) in [4.78, 5) is 2.48. The van der Waals surface area contributed by atoms with Crippen molar-refractivity contribution in [2.24, 2.45) is 0 Å². The molecule has 0 bridgehead atoms. The number of ether oxygens (including phenoxy) is 1. The number of piperazine rings is 1. The second kappa shape index (κ2) is 9.19. The highest BCUT2D eigenvalue weighted by molar-refractivity contribution is 7.89. The quantitative estimate of drug-likeness (QED) is 0.551. The zero-order valence-electron chi connectivity index (χ0n) is 19.7. The minimum absolute atomic E-state index is 0.302. The molecule has 33 heavy (non-hydrogen) atoms. The molecule has 1 aliphatic rings. The lowest BCUT2D eigenvalue weighted by Gasteiger charge is -2.36. The van der Waals surface area contributed by atoms with E-state index in [0.29, 0.717) is 43.3 Å². The molecule has 3 aromatic rings. The lowest BCUT2D eigenvalue weighted by molar-refractivity contribution is 0.377. The molecule has 7 nitrogen and oxygen atoms in total. The minimum Gasteiger partial charge on any atom is -0.495 e. The van der Waals surface area contributed by atoms with Crippen molar-refractivity contribution in [1.29, 1.82) is 0 Å². The Kier molecular flexibility index (Phi) is 6.50. The summed E-state index contributed by atoms with van der Waals surface area (Å²) in [5.74, 6) is 0.797. The van der Waals surface area contributed by atoms with Crippen LogP contribution in [0.25, 0.3) is 0 Å². The monoisotopic (exact) mass is 468 g/mol. The summed E-state index contributed by atoms with van der Waals surface area (Å²) in [6, 6.07) is 17.8. The minimum atomic E-state index is -3.68. The highest BCUT2D eigenvalue weighted by Crippen LogP contribution is 2.32. The Labute approximate surface area is 196 Å². The Bertz CT molecular complexity index is 1190. The number of hydrogen-bond acceptors (Lipinski definition) is 5. The summed E-state index contributed by atoms with van der Waals surface area (Å²) in [6.45, 7) is 8.55. The maximum Gasteiger partial charge on any atom is 0.246 e. The third-order valence-corrected chi connectivity index (χ3v) is 7.81. The molecule has 0 atom stereocenters. The van der Waals surface area contributed by atoms with E-state index in [2.05, 4.69) is 4.90 Å². The van der Waals surface area contributed by atoms with Crippen LogP contribution in [0.2, 0.25) is 0 Å². The van der Waals surface area contributed by atoms with E-state index in [-0.39, 0.29) is 0 Å². The Morgan fingerprint density at radius 3 is 2.21 bits per heavy atom. The molecule has 2 aromatic carbocycles. The van der Waals surface area contributed by atoms with Crippen LogP contribution in [0.4, 0.5) is 5.69 Å². The maximum atomic E-state index is 13.7. The molecule has 1 aromatic heterocycles. The van der Waals surface area contributed by atoms with E-state index in [4.69, 9.17) is 9.84 Å². The molecule has 2 heterocycles. The number of rotatable bonds is 6. The van der Waals surface area contributed by atoms with E-state index < -0.39 is 15.4 Å². The van der Waals surface area contributed by atoms with Crippen LogP contribution in [0.15, 0.2) is 65.7 Å². The highest BCUT2D eigenvalue weighted by atomic mass is 32.2. The largest absolute Gasteiger partial charge is 0.495 e. The van der Waals surface area contributed by atoms with Gasteiger partial charge in [-0.05, 0) is 17.7 Å². The Hall–Kier alpha value is -2.84. The van der Waals surface area contributed by atoms with Crippen LogP contribution in [0.3, 0.4) is 0 Å². The number of benzene rings is 2. The van der Waals surface area contributed by atoms with Crippen LogP contribution in [0.5, 0.6) is 5.75 Å². The third-order valence-electron chi connectivity index (χ3n) is 5.91. The second-order valence-electron chi connectivity index (χ2n) is 9.34. The molecule has 8 heteroatoms. The van der Waals surface area contributed by atoms with Crippen LogP contribution in [-0.2, 0) is 22.0 Å². The lowest BCUT2D eigenvalue weighted by Crippen LogP contribution is -2.49. The predicted molar refractivity (Wildman–Crippen MR) is 130 cm³/mol. The maximum absolute atomic E-state index is 13.7. The van der Waals surface area contributed by atoms with Gasteiger partial charge in [0, 0.05) is 37.8 Å². The van der Waals surface area contributed by atoms with Crippen LogP contribution in [0.1, 0.15) is 32.0 Å². The van der Waals surface area contributed by atoms with Crippen LogP contribution in [-0.4, -0.2) is 55.8 Å². The molecule has 1 saturated heterocycles. The number of para-hydroxylation sites is 2. The molecule has 0 aliphatic carbocycles. The molecular weight excluding hydrogens is 436 g/mol. The van der Waals surface area contributed by atoms with Crippen LogP contribution < -0.4 is 9.64 Å². The fourth-order valence-electron chi connectivity index (χ4n) is 4.16. The number of aromatic nitrogens is 2. The Balaban J connectivity index is 1.58. The van der Waals surface area contributed by atoms with Gasteiger partial charge < -0.3 is 9.64 Å². The zero-order valence-corrected chi connectivity index (χ0v) is 20.5. The molecule has 0 N–H and O–H groups in total. The molecule has 0 radical (unpaired) electrons. The van der Waals surface area contributed by atoms with Crippen molar-refractivity contribution in [3.8, 4) is 5.75 Å². The first kappa shape index (κ1) is 23.3. The summed E-state index contributed by atoms with van der Waals surface area (Å²) in [5.41, 5.74) is 2.27. The molecule has 0 unspecified atom stereocenters. The van der Waals surface area contributed by atoms with Crippen molar-refractivity contribution in [3.05, 3.63) is 72.1 Å². The van der Waals surface area contributed by atoms with Gasteiger partial charge >= 0.3 is 0 Å². The first-order chi connectivity index (χ1) is 15.7. The highest BCUT2D eigenvalue weighted by Gasteiger charge is 2.35. The van der Waals surface area contributed by atoms with Crippen molar-refractivity contribution < 1.29 is 13.2 Å². The second-order valence-corrected chi connectivity index (χ2v) is 11.2. The van der Waals surface area contributed by atoms with Crippen LogP contribution >= 0.6 is 0 Å². The molecule has 0 amide bonds. The van der Waals surface area contributed by atoms with E-state index in [1.807, 2.05) is 75.4 Å². The topological polar surface area (TPSA) is 67.7 Å². The van der Waals surface area contributed by atoms with E-state index in [1.54, 1.807) is 22.3 Å². The Morgan fingerprint density at radius 2 is 1.58 bits per heavy atom. The molecule has 1 fully saturated rings. The van der Waals surface area contributed by atoms with Crippen molar-refractivity contribution in [2.75, 3.05) is 38.2 Å². The van der Waals surface area contributed by atoms with Crippen LogP contribution in [0, 0.1) is 0 Å². The van der Waals surface area contributed by atoms with Gasteiger partial charge in [-0.3, -0.25) is 4.68 Å². The fraction of sp³-hybridized carbons (Fsp3) is 0.400. The van der Waals surface area contributed by atoms with Gasteiger partial charge in [0.25, 0.3) is 0 Å². The number of methoxy groups -OCH3 is 1. The summed E-state index contributed by atoms with van der Waals surface area (Å²) in [6.07, 6.45) is 1.69. The van der Waals surface area contributed by atoms with E-state index in [9.17, 15) is 8.42 Å². The predicted octanol–water partition coefficient (Wildman–Crippen LogP) is 3.75. The van der Waals surface area contributed by atoms with Crippen molar-refractivity contribution in [3.63, 3.8) is 0 Å². The fourth-order valence-corrected chi connectivity index (χ4v) is 5.93. The van der Waals surface area contributed by atoms with Gasteiger partial charge in [0.05, 0.1) is 25.0 Å². The summed E-state index contributed by atoms with van der Waals surface area (Å²) >= 11 is 0. The molecule has 176 valence electrons. The van der Waals surface area contributed by atoms with Crippen molar-refractivity contribution in [2.45, 2.75) is 37.6 Å². The Morgan fingerprint density at radius 1 is 0.939 bits per heavy atom. The van der Waals surface area contributed by atoms with E-state index in [1.165, 1.54) is 0 Å². The van der Waals surface area contributed by atoms with Gasteiger partial charge in [-0.25, -0.2) is 8.42 Å². The zero-order chi connectivity index (χ0) is 23.6. The smallest absolute Gasteiger partial charge is 0.246 e. The standard InChI is InChI=1S/C25H32N4O3S/c1-25(2,3)24-23(19-28(26-24)18-20-10-6-5-7-11-20)33(30,31)29-16-14-27(15-17-29)21-12-8-9-13-22(21)32-4/h5-13,19H,14-18H2,1-4H3. The lowest BCUT2D eigenvalue weighted by atomic mass is 9.92. The molecule has 0 spiro atoms. The van der Waals surface area contributed by atoms with Crippen molar-refractivity contribution >= 4 is 15.7 Å². The van der Waals surface area contributed by atoms with Gasteiger partial charge in [0.15, 0.2) is 0 Å². The number of anilines is 1. The van der Waals surface area contributed by atoms with Crippen molar-refractivity contribution in [1.82, 2.24) is 14.1 Å². The van der Waals surface area contributed by atoms with Gasteiger partial charge in [-0.1, -0.05) is 63.2 Å². The summed E-state index contributed by atoms with van der Waals surface area (Å²) < 4.78 is 36.2. The van der Waals surface area contributed by atoms with Gasteiger partial charge in [0.1, 0.15) is 10.6 Å². The summed E-state index contributed by atoms with van der Waals surface area (Å²) in [7, 11) is -2.02. The first-order valence-electron chi connectivity index (χ1n) is 11.2. The average molecular weight is 469 g/mol. The molecular formula is C25H32N4O3S. The number of nitrogens with zero attached hydrogens (tertiary/aromatic N) is 4. The third kappa shape index (κ3) is 4.91. The molecule has 4 rings (SSSR count). The van der Waals surface area contributed by atoms with Gasteiger partial charge in [-0.15, -0.1) is 0 Å². The summed E-state index contributed by atoms with van der Waals surface area (Å²) in [5, 5.41) is 4.71. The molecule has 1 aliphatic heterocycles. The molecule has 0 saturated carbocycles. The number of sulfonamides is 1. The SMILES string of the molecule is COc1ccccc1N1CCN(S(=O)(=O)c2cn(Cc3ccccc3)nc2C(C)(C)C)CC1. The van der Waals surface area contributed by atoms with E-state index in [0.717, 1.165) is 17.0 Å². The first-order valence-corrected chi connectivity index (χ1v) is 12.6. The van der Waals surface area contributed by atoms with Gasteiger partial charge in [0.2, 0.25) is 10.0 Å². The average Bonchev–Trinajstić information content (AvgIpc) is 3.25. The van der Waals surface area contributed by atoms with E-state index >= 15 is 0 Å². The van der Waals surface area contributed by atoms with Gasteiger partial charge in [-0.2, -0.15) is 9.40 Å².